The maximum atomic E-state index is 10.6. The fourth-order valence-electron chi connectivity index (χ4n) is 1.15. The highest BCUT2D eigenvalue weighted by molar-refractivity contribution is 5.71. The Morgan fingerprint density at radius 1 is 1.40 bits per heavy atom. The molecule has 1 heterocycles. The Morgan fingerprint density at radius 3 is 2.90 bits per heavy atom. The van der Waals surface area contributed by atoms with Gasteiger partial charge in [-0.25, -0.2) is 4.79 Å². The molecule has 0 atom stereocenters. The van der Waals surface area contributed by atoms with Gasteiger partial charge in [-0.15, -0.1) is 0 Å². The van der Waals surface area contributed by atoms with Crippen molar-refractivity contribution < 1.29 is 4.79 Å². The van der Waals surface area contributed by atoms with E-state index >= 15 is 0 Å². The Morgan fingerprint density at radius 2 is 2.20 bits per heavy atom. The lowest BCUT2D eigenvalue weighted by Gasteiger charge is -2.16. The Bertz CT molecular complexity index is 117. The average Bonchev–Trinajstić information content (AvgIpc) is 2.12. The zero-order valence-corrected chi connectivity index (χ0v) is 6.05. The third kappa shape index (κ3) is 1.90. The van der Waals surface area contributed by atoms with Gasteiger partial charge in [0.15, 0.2) is 0 Å². The molecule has 0 unspecified atom stereocenters. The molecule has 1 fully saturated rings. The molecule has 1 aliphatic heterocycles. The van der Waals surface area contributed by atoms with E-state index in [-0.39, 0.29) is 6.03 Å². The fourth-order valence-corrected chi connectivity index (χ4v) is 1.15. The summed E-state index contributed by atoms with van der Waals surface area (Å²) in [5.74, 6) is 0. The molecule has 0 spiro atoms. The number of carbonyl (C=O) groups excluding carboxylic acids is 1. The van der Waals surface area contributed by atoms with Gasteiger partial charge >= 0.3 is 6.03 Å². The second-order valence-electron chi connectivity index (χ2n) is 2.54. The highest BCUT2D eigenvalue weighted by atomic mass is 16.2. The smallest absolute Gasteiger partial charge is 0.314 e. The maximum absolute atomic E-state index is 10.6. The molecule has 1 radical (unpaired) electrons. The number of nitrogens with zero attached hydrogens (tertiary/aromatic N) is 1. The number of hydrogen-bond donors (Lipinski definition) is 1. The fraction of sp³-hybridized carbons (Fsp3) is 0.714. The molecule has 0 bridgehead atoms. The quantitative estimate of drug-likeness (QED) is 0.531. The number of nitrogens with two attached hydrogens (primary N) is 1. The van der Waals surface area contributed by atoms with Gasteiger partial charge in [-0.2, -0.15) is 0 Å². The highest BCUT2D eigenvalue weighted by Crippen LogP contribution is 2.07. The molecular formula is C7H13N2O. The van der Waals surface area contributed by atoms with Crippen LogP contribution in [0.4, 0.5) is 4.79 Å². The van der Waals surface area contributed by atoms with E-state index in [2.05, 4.69) is 6.42 Å². The number of primary amides is 1. The van der Waals surface area contributed by atoms with Crippen LogP contribution in [0.15, 0.2) is 0 Å². The zero-order chi connectivity index (χ0) is 7.40. The third-order valence-corrected chi connectivity index (χ3v) is 1.75. The van der Waals surface area contributed by atoms with E-state index in [4.69, 9.17) is 5.73 Å². The maximum Gasteiger partial charge on any atom is 0.314 e. The molecule has 1 saturated heterocycles. The topological polar surface area (TPSA) is 46.3 Å². The number of urea groups is 1. The van der Waals surface area contributed by atoms with Crippen molar-refractivity contribution in [3.63, 3.8) is 0 Å². The van der Waals surface area contributed by atoms with E-state index in [1.807, 2.05) is 0 Å². The summed E-state index contributed by atoms with van der Waals surface area (Å²) in [6.07, 6.45) is 5.37. The van der Waals surface area contributed by atoms with Gasteiger partial charge in [0.25, 0.3) is 0 Å². The number of amides is 2. The molecule has 2 amide bonds. The summed E-state index contributed by atoms with van der Waals surface area (Å²) >= 11 is 0. The first-order valence-electron chi connectivity index (χ1n) is 3.67. The van der Waals surface area contributed by atoms with Gasteiger partial charge in [-0.1, -0.05) is 0 Å². The first kappa shape index (κ1) is 7.38. The molecule has 10 heavy (non-hydrogen) atoms. The lowest BCUT2D eigenvalue weighted by atomic mass is 10.2. The van der Waals surface area contributed by atoms with Crippen molar-refractivity contribution in [2.24, 2.45) is 5.73 Å². The van der Waals surface area contributed by atoms with Crippen molar-refractivity contribution in [2.45, 2.75) is 19.3 Å². The summed E-state index contributed by atoms with van der Waals surface area (Å²) in [6, 6.07) is -0.282. The van der Waals surface area contributed by atoms with E-state index in [0.717, 1.165) is 32.4 Å². The van der Waals surface area contributed by atoms with Crippen molar-refractivity contribution in [2.75, 3.05) is 13.1 Å². The lowest BCUT2D eigenvalue weighted by molar-refractivity contribution is 0.210. The largest absolute Gasteiger partial charge is 0.351 e. The summed E-state index contributed by atoms with van der Waals surface area (Å²) < 4.78 is 0. The molecule has 3 nitrogen and oxygen atoms in total. The van der Waals surface area contributed by atoms with E-state index in [1.165, 1.54) is 0 Å². The van der Waals surface area contributed by atoms with Gasteiger partial charge in [0.2, 0.25) is 0 Å². The molecule has 0 aromatic rings. The van der Waals surface area contributed by atoms with Gasteiger partial charge in [0, 0.05) is 13.1 Å². The molecule has 1 rings (SSSR count). The SMILES string of the molecule is NC(=O)N1CC[CH]CCC1. The van der Waals surface area contributed by atoms with Gasteiger partial charge in [0.05, 0.1) is 0 Å². The Labute approximate surface area is 61.2 Å². The van der Waals surface area contributed by atoms with Crippen LogP contribution in [0.3, 0.4) is 0 Å². The van der Waals surface area contributed by atoms with Crippen LogP contribution in [0.2, 0.25) is 0 Å². The zero-order valence-electron chi connectivity index (χ0n) is 6.05. The monoisotopic (exact) mass is 141 g/mol. The molecule has 0 aromatic carbocycles. The average molecular weight is 141 g/mol. The first-order chi connectivity index (χ1) is 4.80. The summed E-state index contributed by atoms with van der Waals surface area (Å²) in [7, 11) is 0. The predicted octanol–water partition coefficient (Wildman–Crippen LogP) is 0.755. The third-order valence-electron chi connectivity index (χ3n) is 1.75. The molecule has 0 aliphatic carbocycles. The lowest BCUT2D eigenvalue weighted by Crippen LogP contribution is -2.36. The molecule has 57 valence electrons. The van der Waals surface area contributed by atoms with Crippen LogP contribution in [0.25, 0.3) is 0 Å². The number of rotatable bonds is 0. The highest BCUT2D eigenvalue weighted by Gasteiger charge is 2.10. The Hall–Kier alpha value is -0.730. The molecular weight excluding hydrogens is 128 g/mol. The molecule has 0 aromatic heterocycles. The number of carbonyl (C=O) groups is 1. The molecule has 0 saturated carbocycles. The minimum absolute atomic E-state index is 0.282. The number of likely N-dealkylation sites (tertiary alicyclic amines) is 1. The van der Waals surface area contributed by atoms with Gasteiger partial charge in [0.1, 0.15) is 0 Å². The summed E-state index contributed by atoms with van der Waals surface area (Å²) in [5.41, 5.74) is 5.11. The minimum atomic E-state index is -0.282. The van der Waals surface area contributed by atoms with Crippen molar-refractivity contribution in [1.82, 2.24) is 4.90 Å². The first-order valence-corrected chi connectivity index (χ1v) is 3.67. The van der Waals surface area contributed by atoms with E-state index in [0.29, 0.717) is 0 Å². The van der Waals surface area contributed by atoms with E-state index in [9.17, 15) is 4.79 Å². The van der Waals surface area contributed by atoms with Crippen LogP contribution < -0.4 is 5.73 Å². The summed E-state index contributed by atoms with van der Waals surface area (Å²) in [4.78, 5) is 12.3. The number of hydrogen-bond acceptors (Lipinski definition) is 1. The van der Waals surface area contributed by atoms with Crippen molar-refractivity contribution in [3.8, 4) is 0 Å². The normalized spacial score (nSPS) is 20.2. The van der Waals surface area contributed by atoms with E-state index in [1.54, 1.807) is 4.90 Å². The van der Waals surface area contributed by atoms with Crippen LogP contribution in [0.5, 0.6) is 0 Å². The van der Waals surface area contributed by atoms with Crippen LogP contribution in [-0.2, 0) is 0 Å². The second-order valence-corrected chi connectivity index (χ2v) is 2.54. The van der Waals surface area contributed by atoms with Gasteiger partial charge < -0.3 is 10.6 Å². The predicted molar refractivity (Wildman–Crippen MR) is 39.3 cm³/mol. The Kier molecular flexibility index (Phi) is 2.54. The van der Waals surface area contributed by atoms with Gasteiger partial charge in [-0.3, -0.25) is 0 Å². The van der Waals surface area contributed by atoms with Crippen LogP contribution >= 0.6 is 0 Å². The van der Waals surface area contributed by atoms with Gasteiger partial charge in [-0.05, 0) is 25.7 Å². The van der Waals surface area contributed by atoms with Crippen LogP contribution in [0, 0.1) is 6.42 Å². The summed E-state index contributed by atoms with van der Waals surface area (Å²) in [6.45, 7) is 1.63. The molecule has 1 aliphatic rings. The van der Waals surface area contributed by atoms with Crippen LogP contribution in [0.1, 0.15) is 19.3 Å². The van der Waals surface area contributed by atoms with E-state index < -0.39 is 0 Å². The van der Waals surface area contributed by atoms with Crippen molar-refractivity contribution in [1.29, 1.82) is 0 Å². The van der Waals surface area contributed by atoms with Crippen LogP contribution in [-0.4, -0.2) is 24.0 Å². The Balaban J connectivity index is 2.35. The second kappa shape index (κ2) is 3.44. The van der Waals surface area contributed by atoms with Crippen molar-refractivity contribution in [3.05, 3.63) is 6.42 Å². The molecule has 3 heteroatoms. The van der Waals surface area contributed by atoms with Crippen molar-refractivity contribution >= 4 is 6.03 Å². The standard InChI is InChI=1S/C7H13N2O/c8-7(10)9-5-3-1-2-4-6-9/h1H,2-6H2,(H2,8,10). The summed E-state index contributed by atoms with van der Waals surface area (Å²) in [5, 5.41) is 0. The molecule has 2 N–H and O–H groups in total. The minimum Gasteiger partial charge on any atom is -0.351 e.